The van der Waals surface area contributed by atoms with E-state index in [9.17, 15) is 8.78 Å². The summed E-state index contributed by atoms with van der Waals surface area (Å²) in [5, 5.41) is 0. The Morgan fingerprint density at radius 3 is 2.15 bits per heavy atom. The third-order valence-corrected chi connectivity index (χ3v) is 3.00. The smallest absolute Gasteiger partial charge is 0.343 e. The second-order valence-corrected chi connectivity index (χ2v) is 5.02. The Bertz CT molecular complexity index is 592. The van der Waals surface area contributed by atoms with Crippen molar-refractivity contribution in [3.63, 3.8) is 0 Å². The highest BCUT2D eigenvalue weighted by molar-refractivity contribution is 9.10. The van der Waals surface area contributed by atoms with Crippen LogP contribution >= 0.6 is 15.9 Å². The Morgan fingerprint density at radius 1 is 1.05 bits per heavy atom. The maximum Gasteiger partial charge on any atom is 0.343 e. The van der Waals surface area contributed by atoms with Crippen LogP contribution in [0.25, 0.3) is 0 Å². The number of ether oxygens (including phenoxy) is 1. The van der Waals surface area contributed by atoms with Crippen molar-refractivity contribution in [1.82, 2.24) is 0 Å². The van der Waals surface area contributed by atoms with Crippen molar-refractivity contribution in [3.05, 3.63) is 60.2 Å². The summed E-state index contributed by atoms with van der Waals surface area (Å²) in [4.78, 5) is 0.840. The summed E-state index contributed by atoms with van der Waals surface area (Å²) >= 11 is 2.38. The predicted octanol–water partition coefficient (Wildman–Crippen LogP) is 4.80. The van der Waals surface area contributed by atoms with Gasteiger partial charge < -0.3 is 4.74 Å². The van der Waals surface area contributed by atoms with Crippen LogP contribution in [0.15, 0.2) is 59.6 Å². The number of hydrogen-bond acceptors (Lipinski definition) is 2. The van der Waals surface area contributed by atoms with E-state index in [2.05, 4.69) is 20.9 Å². The molecule has 0 amide bonds. The standard InChI is InChI=1S/C15H12BrF2NO/c1-20-13-9-7-12(8-10-13)19-14(15(16,17)18)11-5-3-2-4-6-11/h2-10H,1H3. The second kappa shape index (κ2) is 6.13. The van der Waals surface area contributed by atoms with Crippen molar-refractivity contribution < 1.29 is 13.5 Å². The maximum absolute atomic E-state index is 13.7. The zero-order valence-electron chi connectivity index (χ0n) is 10.7. The van der Waals surface area contributed by atoms with Gasteiger partial charge in [-0.05, 0) is 40.2 Å². The van der Waals surface area contributed by atoms with E-state index in [0.29, 0.717) is 17.0 Å². The minimum atomic E-state index is -3.20. The van der Waals surface area contributed by atoms with Crippen molar-refractivity contribution in [2.45, 2.75) is 4.83 Å². The lowest BCUT2D eigenvalue weighted by Crippen LogP contribution is -2.21. The van der Waals surface area contributed by atoms with E-state index in [1.165, 1.54) is 0 Å². The van der Waals surface area contributed by atoms with Gasteiger partial charge in [0.2, 0.25) is 0 Å². The Balaban J connectivity index is 2.43. The number of benzene rings is 2. The predicted molar refractivity (Wildman–Crippen MR) is 79.5 cm³/mol. The molecule has 2 aromatic rings. The summed E-state index contributed by atoms with van der Waals surface area (Å²) in [6.45, 7) is 0. The van der Waals surface area contributed by atoms with Crippen LogP contribution < -0.4 is 4.74 Å². The van der Waals surface area contributed by atoms with Gasteiger partial charge in [-0.15, -0.1) is 0 Å². The summed E-state index contributed by atoms with van der Waals surface area (Å²) in [6.07, 6.45) is 0. The van der Waals surface area contributed by atoms with Crippen LogP contribution in [0, 0.1) is 0 Å². The largest absolute Gasteiger partial charge is 0.497 e. The first-order valence-electron chi connectivity index (χ1n) is 5.86. The van der Waals surface area contributed by atoms with Crippen LogP contribution in [0.5, 0.6) is 5.75 Å². The molecule has 20 heavy (non-hydrogen) atoms. The van der Waals surface area contributed by atoms with Gasteiger partial charge >= 0.3 is 4.83 Å². The van der Waals surface area contributed by atoms with E-state index < -0.39 is 4.83 Å². The average molecular weight is 340 g/mol. The molecule has 0 radical (unpaired) electrons. The van der Waals surface area contributed by atoms with Crippen molar-refractivity contribution >= 4 is 27.3 Å². The second-order valence-electron chi connectivity index (χ2n) is 4.02. The summed E-state index contributed by atoms with van der Waals surface area (Å²) in [6, 6.07) is 14.9. The first-order valence-corrected chi connectivity index (χ1v) is 6.65. The molecule has 0 aliphatic heterocycles. The van der Waals surface area contributed by atoms with E-state index >= 15 is 0 Å². The first kappa shape index (κ1) is 14.7. The molecule has 0 aromatic heterocycles. The lowest BCUT2D eigenvalue weighted by atomic mass is 10.1. The van der Waals surface area contributed by atoms with Gasteiger partial charge in [0, 0.05) is 5.56 Å². The van der Waals surface area contributed by atoms with Crippen LogP contribution in [-0.4, -0.2) is 17.7 Å². The van der Waals surface area contributed by atoms with E-state index in [1.54, 1.807) is 61.7 Å². The SMILES string of the molecule is COc1ccc(N=C(c2ccccc2)C(F)(F)Br)cc1. The van der Waals surface area contributed by atoms with Gasteiger partial charge in [0.1, 0.15) is 11.5 Å². The van der Waals surface area contributed by atoms with Crippen molar-refractivity contribution in [3.8, 4) is 5.75 Å². The Hall–Kier alpha value is -1.75. The molecule has 0 heterocycles. The lowest BCUT2D eigenvalue weighted by Gasteiger charge is -2.12. The highest BCUT2D eigenvalue weighted by Crippen LogP contribution is 2.30. The van der Waals surface area contributed by atoms with Crippen LogP contribution in [0.3, 0.4) is 0 Å². The number of rotatable bonds is 4. The maximum atomic E-state index is 13.7. The molecule has 0 aliphatic carbocycles. The molecule has 0 atom stereocenters. The van der Waals surface area contributed by atoms with E-state index in [4.69, 9.17) is 4.74 Å². The number of halogens is 3. The zero-order chi connectivity index (χ0) is 14.6. The molecule has 104 valence electrons. The molecule has 0 saturated carbocycles. The number of alkyl halides is 3. The minimum Gasteiger partial charge on any atom is -0.497 e. The van der Waals surface area contributed by atoms with E-state index in [1.807, 2.05) is 0 Å². The van der Waals surface area contributed by atoms with Gasteiger partial charge in [0.05, 0.1) is 12.8 Å². The quantitative estimate of drug-likeness (QED) is 0.579. The molecular formula is C15H12BrF2NO. The third kappa shape index (κ3) is 3.63. The van der Waals surface area contributed by atoms with Crippen LogP contribution in [0.4, 0.5) is 14.5 Å². The molecule has 5 heteroatoms. The van der Waals surface area contributed by atoms with Crippen molar-refractivity contribution in [2.24, 2.45) is 4.99 Å². The van der Waals surface area contributed by atoms with Gasteiger partial charge in [-0.3, -0.25) is 0 Å². The first-order chi connectivity index (χ1) is 9.50. The van der Waals surface area contributed by atoms with Gasteiger partial charge in [-0.25, -0.2) is 4.99 Å². The van der Waals surface area contributed by atoms with Gasteiger partial charge in [0.25, 0.3) is 0 Å². The molecular weight excluding hydrogens is 328 g/mol. The molecule has 2 aromatic carbocycles. The van der Waals surface area contributed by atoms with Crippen LogP contribution in [-0.2, 0) is 0 Å². The topological polar surface area (TPSA) is 21.6 Å². The Kier molecular flexibility index (Phi) is 4.49. The van der Waals surface area contributed by atoms with Crippen LogP contribution in [0.1, 0.15) is 5.56 Å². The fraction of sp³-hybridized carbons (Fsp3) is 0.133. The number of aliphatic imine (C=N–C) groups is 1. The normalized spacial score (nSPS) is 12.3. The van der Waals surface area contributed by atoms with Crippen LogP contribution in [0.2, 0.25) is 0 Å². The minimum absolute atomic E-state index is 0.330. The summed E-state index contributed by atoms with van der Waals surface area (Å²) in [5.74, 6) is 0.649. The summed E-state index contributed by atoms with van der Waals surface area (Å²) in [5.41, 5.74) is 0.470. The van der Waals surface area contributed by atoms with Crippen molar-refractivity contribution in [1.29, 1.82) is 0 Å². The molecule has 0 unspecified atom stereocenters. The van der Waals surface area contributed by atoms with Gasteiger partial charge in [-0.2, -0.15) is 8.78 Å². The average Bonchev–Trinajstić information content (AvgIpc) is 2.45. The fourth-order valence-electron chi connectivity index (χ4n) is 1.67. The highest BCUT2D eigenvalue weighted by Gasteiger charge is 2.33. The highest BCUT2D eigenvalue weighted by atomic mass is 79.9. The summed E-state index contributed by atoms with van der Waals surface area (Å²) in [7, 11) is 1.54. The number of nitrogens with zero attached hydrogens (tertiary/aromatic N) is 1. The number of hydrogen-bond donors (Lipinski definition) is 0. The van der Waals surface area contributed by atoms with Gasteiger partial charge in [0.15, 0.2) is 0 Å². The van der Waals surface area contributed by atoms with Gasteiger partial charge in [-0.1, -0.05) is 30.3 Å². The molecule has 0 aliphatic rings. The Labute approximate surface area is 124 Å². The number of methoxy groups -OCH3 is 1. The fourth-order valence-corrected chi connectivity index (χ4v) is 1.99. The molecule has 2 nitrogen and oxygen atoms in total. The monoisotopic (exact) mass is 339 g/mol. The molecule has 2 rings (SSSR count). The summed E-state index contributed by atoms with van der Waals surface area (Å²) < 4.78 is 32.3. The van der Waals surface area contributed by atoms with E-state index in [0.717, 1.165) is 0 Å². The molecule has 0 N–H and O–H groups in total. The molecule has 0 spiro atoms. The molecule has 0 bridgehead atoms. The van der Waals surface area contributed by atoms with E-state index in [-0.39, 0.29) is 5.71 Å². The molecule has 0 saturated heterocycles. The zero-order valence-corrected chi connectivity index (χ0v) is 12.3. The lowest BCUT2D eigenvalue weighted by molar-refractivity contribution is 0.194. The molecule has 0 fully saturated rings. The van der Waals surface area contributed by atoms with Crippen molar-refractivity contribution in [2.75, 3.05) is 7.11 Å². The Morgan fingerprint density at radius 2 is 1.65 bits per heavy atom. The third-order valence-electron chi connectivity index (χ3n) is 2.63.